The zero-order chi connectivity index (χ0) is 12.2. The van der Waals surface area contributed by atoms with Crippen LogP contribution in [0.25, 0.3) is 0 Å². The summed E-state index contributed by atoms with van der Waals surface area (Å²) in [6, 6.07) is 0.0414. The van der Waals surface area contributed by atoms with Crippen LogP contribution in [0.15, 0.2) is 4.99 Å². The van der Waals surface area contributed by atoms with Crippen molar-refractivity contribution in [3.63, 3.8) is 0 Å². The van der Waals surface area contributed by atoms with Crippen molar-refractivity contribution in [2.45, 2.75) is 46.1 Å². The van der Waals surface area contributed by atoms with Crippen LogP contribution in [0.2, 0.25) is 0 Å². The van der Waals surface area contributed by atoms with Crippen molar-refractivity contribution in [3.8, 4) is 0 Å². The fourth-order valence-electron chi connectivity index (χ4n) is 3.17. The van der Waals surface area contributed by atoms with E-state index in [2.05, 4.69) is 31.1 Å². The Hall–Kier alpha value is -1.15. The molecule has 1 N–H and O–H groups in total. The minimum absolute atomic E-state index is 0.0215. The predicted molar refractivity (Wildman–Crippen MR) is 61.7 cm³/mol. The maximum Gasteiger partial charge on any atom is 0.235 e. The van der Waals surface area contributed by atoms with Crippen molar-refractivity contribution < 1.29 is 9.59 Å². The molecule has 0 heterocycles. The van der Waals surface area contributed by atoms with E-state index in [0.29, 0.717) is 6.54 Å². The Morgan fingerprint density at radius 3 is 2.69 bits per heavy atom. The zero-order valence-electron chi connectivity index (χ0n) is 10.2. The van der Waals surface area contributed by atoms with Crippen molar-refractivity contribution in [2.75, 3.05) is 6.54 Å². The molecule has 90 valence electrons. The van der Waals surface area contributed by atoms with E-state index in [4.69, 9.17) is 0 Å². The standard InChI is InChI=1S/C12H20N2O2/c1-11(2)4-10(14-9-16)5-12(3,6-11)7-13-8-15/h8,10H,4-7H2,1-3H3,(H,13,15). The maximum atomic E-state index is 10.4. The number of hydrogen-bond acceptors (Lipinski definition) is 3. The molecule has 16 heavy (non-hydrogen) atoms. The van der Waals surface area contributed by atoms with Gasteiger partial charge in [0.2, 0.25) is 12.5 Å². The van der Waals surface area contributed by atoms with Crippen LogP contribution in [-0.4, -0.2) is 25.1 Å². The Labute approximate surface area is 96.5 Å². The summed E-state index contributed by atoms with van der Waals surface area (Å²) in [7, 11) is 0. The van der Waals surface area contributed by atoms with Gasteiger partial charge in [0.15, 0.2) is 0 Å². The third-order valence-electron chi connectivity index (χ3n) is 3.27. The molecule has 1 aliphatic rings. The second-order valence-corrected chi connectivity index (χ2v) is 5.93. The smallest absolute Gasteiger partial charge is 0.235 e. The molecule has 1 aliphatic carbocycles. The minimum Gasteiger partial charge on any atom is -0.358 e. The van der Waals surface area contributed by atoms with Crippen LogP contribution in [-0.2, 0) is 9.59 Å². The van der Waals surface area contributed by atoms with Crippen molar-refractivity contribution >= 4 is 12.5 Å². The third-order valence-corrected chi connectivity index (χ3v) is 3.27. The molecule has 0 aliphatic heterocycles. The van der Waals surface area contributed by atoms with Crippen LogP contribution >= 0.6 is 0 Å². The summed E-state index contributed by atoms with van der Waals surface area (Å²) >= 11 is 0. The molecule has 0 spiro atoms. The lowest BCUT2D eigenvalue weighted by Gasteiger charge is -2.45. The number of carbonyl (C=O) groups excluding carboxylic acids is 2. The Morgan fingerprint density at radius 1 is 1.44 bits per heavy atom. The van der Waals surface area contributed by atoms with Gasteiger partial charge in [0.1, 0.15) is 0 Å². The molecular formula is C12H20N2O2. The number of amides is 1. The number of aliphatic imine (C=N–C) groups is 1. The van der Waals surface area contributed by atoms with Crippen molar-refractivity contribution in [3.05, 3.63) is 0 Å². The highest BCUT2D eigenvalue weighted by Crippen LogP contribution is 2.46. The summed E-state index contributed by atoms with van der Waals surface area (Å²) in [6.45, 7) is 7.14. The van der Waals surface area contributed by atoms with Gasteiger partial charge in [-0.3, -0.25) is 4.79 Å². The van der Waals surface area contributed by atoms with E-state index in [1.54, 1.807) is 6.08 Å². The van der Waals surface area contributed by atoms with Crippen molar-refractivity contribution in [2.24, 2.45) is 15.8 Å². The van der Waals surface area contributed by atoms with Crippen molar-refractivity contribution in [1.29, 1.82) is 0 Å². The molecule has 4 heteroatoms. The second kappa shape index (κ2) is 4.79. The monoisotopic (exact) mass is 224 g/mol. The molecule has 0 aromatic heterocycles. The van der Waals surface area contributed by atoms with Crippen LogP contribution in [0.4, 0.5) is 0 Å². The van der Waals surface area contributed by atoms with Crippen LogP contribution in [0.1, 0.15) is 40.0 Å². The molecule has 2 atom stereocenters. The molecular weight excluding hydrogens is 204 g/mol. The molecule has 1 rings (SSSR count). The summed E-state index contributed by atoms with van der Waals surface area (Å²) in [6.07, 6.45) is 5.17. The van der Waals surface area contributed by atoms with Crippen LogP contribution in [0.5, 0.6) is 0 Å². The zero-order valence-corrected chi connectivity index (χ0v) is 10.2. The Morgan fingerprint density at radius 2 is 2.12 bits per heavy atom. The number of hydrogen-bond donors (Lipinski definition) is 1. The average molecular weight is 224 g/mol. The van der Waals surface area contributed by atoms with E-state index >= 15 is 0 Å². The molecule has 1 amide bonds. The molecule has 1 saturated carbocycles. The van der Waals surface area contributed by atoms with E-state index in [9.17, 15) is 9.59 Å². The lowest BCUT2D eigenvalue weighted by Crippen LogP contribution is -2.43. The summed E-state index contributed by atoms with van der Waals surface area (Å²) in [4.78, 5) is 24.6. The highest BCUT2D eigenvalue weighted by atomic mass is 16.1. The fraction of sp³-hybridized carbons (Fsp3) is 0.833. The summed E-state index contributed by atoms with van der Waals surface area (Å²) < 4.78 is 0. The predicted octanol–water partition coefficient (Wildman–Crippen LogP) is 1.65. The Bertz CT molecular complexity index is 308. The van der Waals surface area contributed by atoms with Gasteiger partial charge >= 0.3 is 0 Å². The maximum absolute atomic E-state index is 10.4. The van der Waals surface area contributed by atoms with E-state index < -0.39 is 0 Å². The number of carbonyl (C=O) groups is 1. The van der Waals surface area contributed by atoms with Crippen LogP contribution in [0, 0.1) is 10.8 Å². The molecule has 2 unspecified atom stereocenters. The Balaban J connectivity index is 2.77. The summed E-state index contributed by atoms with van der Waals surface area (Å²) in [5.74, 6) is 0. The molecule has 1 fully saturated rings. The van der Waals surface area contributed by atoms with Gasteiger partial charge in [0.05, 0.1) is 6.04 Å². The normalized spacial score (nSPS) is 32.6. The fourth-order valence-corrected chi connectivity index (χ4v) is 3.17. The first-order chi connectivity index (χ1) is 7.41. The SMILES string of the molecule is CC1(C)CC(N=C=O)CC(C)(CNC=O)C1. The van der Waals surface area contributed by atoms with Gasteiger partial charge in [-0.2, -0.15) is 0 Å². The van der Waals surface area contributed by atoms with Gasteiger partial charge in [-0.25, -0.2) is 9.79 Å². The van der Waals surface area contributed by atoms with Gasteiger partial charge < -0.3 is 5.32 Å². The third kappa shape index (κ3) is 3.46. The first-order valence-corrected chi connectivity index (χ1v) is 5.65. The van der Waals surface area contributed by atoms with Crippen LogP contribution < -0.4 is 5.32 Å². The number of isocyanates is 1. The first kappa shape index (κ1) is 12.9. The second-order valence-electron chi connectivity index (χ2n) is 5.93. The molecule has 0 radical (unpaired) electrons. The molecule has 0 aromatic carbocycles. The minimum atomic E-state index is 0.0215. The number of nitrogens with zero attached hydrogens (tertiary/aromatic N) is 1. The lowest BCUT2D eigenvalue weighted by atomic mass is 9.63. The van der Waals surface area contributed by atoms with Gasteiger partial charge in [-0.1, -0.05) is 20.8 Å². The quantitative estimate of drug-likeness (QED) is 0.448. The van der Waals surface area contributed by atoms with Crippen LogP contribution in [0.3, 0.4) is 0 Å². The lowest BCUT2D eigenvalue weighted by molar-refractivity contribution is -0.110. The average Bonchev–Trinajstić information content (AvgIpc) is 2.12. The molecule has 0 saturated heterocycles. The van der Waals surface area contributed by atoms with Gasteiger partial charge in [-0.05, 0) is 30.1 Å². The highest BCUT2D eigenvalue weighted by molar-refractivity contribution is 5.46. The van der Waals surface area contributed by atoms with Gasteiger partial charge in [-0.15, -0.1) is 0 Å². The number of nitrogens with one attached hydrogen (secondary N) is 1. The van der Waals surface area contributed by atoms with E-state index in [1.807, 2.05) is 0 Å². The summed E-state index contributed by atoms with van der Waals surface area (Å²) in [5, 5.41) is 2.74. The Kier molecular flexibility index (Phi) is 3.87. The topological polar surface area (TPSA) is 58.5 Å². The molecule has 0 bridgehead atoms. The van der Waals surface area contributed by atoms with Crippen molar-refractivity contribution in [1.82, 2.24) is 5.32 Å². The van der Waals surface area contributed by atoms with E-state index in [1.165, 1.54) is 0 Å². The molecule has 4 nitrogen and oxygen atoms in total. The van der Waals surface area contributed by atoms with E-state index in [-0.39, 0.29) is 16.9 Å². The number of rotatable bonds is 4. The van der Waals surface area contributed by atoms with Gasteiger partial charge in [0, 0.05) is 6.54 Å². The molecule has 0 aromatic rings. The van der Waals surface area contributed by atoms with Gasteiger partial charge in [0.25, 0.3) is 0 Å². The summed E-state index contributed by atoms with van der Waals surface area (Å²) in [5.41, 5.74) is 0.177. The largest absolute Gasteiger partial charge is 0.358 e. The highest BCUT2D eigenvalue weighted by Gasteiger charge is 2.41. The first-order valence-electron chi connectivity index (χ1n) is 5.65. The van der Waals surface area contributed by atoms with E-state index in [0.717, 1.165) is 25.7 Å².